The summed E-state index contributed by atoms with van der Waals surface area (Å²) in [5.74, 6) is -3.79. The normalized spacial score (nSPS) is 19.4. The van der Waals surface area contributed by atoms with Crippen LogP contribution in [-0.4, -0.2) is 54.6 Å². The predicted molar refractivity (Wildman–Crippen MR) is 128 cm³/mol. The molecule has 8 nitrogen and oxygen atoms in total. The van der Waals surface area contributed by atoms with Gasteiger partial charge in [0.15, 0.2) is 0 Å². The summed E-state index contributed by atoms with van der Waals surface area (Å²) in [5.41, 5.74) is 2.24. The lowest BCUT2D eigenvalue weighted by molar-refractivity contribution is -0.144. The van der Waals surface area contributed by atoms with Crippen LogP contribution in [0.25, 0.3) is 0 Å². The molecule has 2 aliphatic heterocycles. The molecule has 2 unspecified atom stereocenters. The molecule has 9 heteroatoms. The van der Waals surface area contributed by atoms with E-state index < -0.39 is 35.6 Å². The maximum Gasteiger partial charge on any atom is 0.336 e. The predicted octanol–water partition coefficient (Wildman–Crippen LogP) is 3.80. The molecule has 2 aliphatic rings. The summed E-state index contributed by atoms with van der Waals surface area (Å²) in [6, 6.07) is 13.4. The van der Waals surface area contributed by atoms with E-state index in [0.717, 1.165) is 4.90 Å². The number of aliphatic imine (C=N–C) groups is 1. The number of ether oxygens (including phenoxy) is 2. The summed E-state index contributed by atoms with van der Waals surface area (Å²) >= 11 is 6.45. The smallest absolute Gasteiger partial charge is 0.336 e. The number of fused-ring (bicyclic) bond motifs is 1. The summed E-state index contributed by atoms with van der Waals surface area (Å²) in [6.07, 6.45) is 0. The molecule has 0 aliphatic carbocycles. The van der Waals surface area contributed by atoms with Crippen molar-refractivity contribution in [2.45, 2.75) is 19.8 Å². The van der Waals surface area contributed by atoms with E-state index in [1.165, 1.54) is 7.11 Å². The number of amides is 2. The molecule has 0 aromatic heterocycles. The zero-order valence-electron chi connectivity index (χ0n) is 19.4. The SMILES string of the molecule is COC(=O)C1C(C)=NC(C)=C(C(=O)OCCN2C(=O)c3ccccc3C2=O)C1c1ccccc1Cl. The van der Waals surface area contributed by atoms with Gasteiger partial charge in [0.1, 0.15) is 12.5 Å². The number of benzene rings is 2. The maximum absolute atomic E-state index is 13.3. The van der Waals surface area contributed by atoms with E-state index in [0.29, 0.717) is 33.1 Å². The fourth-order valence-corrected chi connectivity index (χ4v) is 4.80. The molecule has 0 saturated heterocycles. The minimum atomic E-state index is -0.873. The minimum Gasteiger partial charge on any atom is -0.468 e. The van der Waals surface area contributed by atoms with Crippen molar-refractivity contribution in [1.29, 1.82) is 0 Å². The number of hydrogen-bond donors (Lipinski definition) is 0. The van der Waals surface area contributed by atoms with Crippen LogP contribution >= 0.6 is 11.6 Å². The number of esters is 2. The molecule has 0 saturated carbocycles. The van der Waals surface area contributed by atoms with Crippen molar-refractivity contribution in [1.82, 2.24) is 4.90 Å². The Morgan fingerprint density at radius 1 is 1.00 bits per heavy atom. The summed E-state index contributed by atoms with van der Waals surface area (Å²) in [4.78, 5) is 56.6. The molecule has 0 bridgehead atoms. The van der Waals surface area contributed by atoms with Crippen molar-refractivity contribution in [3.05, 3.63) is 81.5 Å². The highest BCUT2D eigenvalue weighted by atomic mass is 35.5. The molecule has 0 N–H and O–H groups in total. The molecule has 2 amide bonds. The number of carbonyl (C=O) groups excluding carboxylic acids is 4. The monoisotopic (exact) mass is 494 g/mol. The number of nitrogens with zero attached hydrogens (tertiary/aromatic N) is 2. The molecular formula is C26H23ClN2O6. The third-order valence-corrected chi connectivity index (χ3v) is 6.51. The first-order chi connectivity index (χ1) is 16.8. The molecule has 2 aromatic carbocycles. The van der Waals surface area contributed by atoms with Crippen molar-refractivity contribution in [2.24, 2.45) is 10.9 Å². The number of halogens is 1. The standard InChI is InChI=1S/C26H23ClN2O6/c1-14-20(25(32)34-3)22(18-10-6-7-11-19(18)27)21(15(2)28-14)26(33)35-13-12-29-23(30)16-8-4-5-9-17(16)24(29)31/h4-11,20,22H,12-13H2,1-3H3. The van der Waals surface area contributed by atoms with Gasteiger partial charge in [0.25, 0.3) is 11.8 Å². The average molecular weight is 495 g/mol. The summed E-state index contributed by atoms with van der Waals surface area (Å²) in [6.45, 7) is 3.02. The quantitative estimate of drug-likeness (QED) is 0.447. The van der Waals surface area contributed by atoms with Crippen LogP contribution in [-0.2, 0) is 19.1 Å². The van der Waals surface area contributed by atoms with Gasteiger partial charge in [-0.2, -0.15) is 0 Å². The molecule has 0 fully saturated rings. The number of methoxy groups -OCH3 is 1. The lowest BCUT2D eigenvalue weighted by atomic mass is 9.75. The molecular weight excluding hydrogens is 472 g/mol. The van der Waals surface area contributed by atoms with Gasteiger partial charge in [0, 0.05) is 22.3 Å². The van der Waals surface area contributed by atoms with Gasteiger partial charge < -0.3 is 9.47 Å². The van der Waals surface area contributed by atoms with E-state index in [1.54, 1.807) is 62.4 Å². The third kappa shape index (κ3) is 4.37. The van der Waals surface area contributed by atoms with Crippen LogP contribution in [0.15, 0.2) is 64.8 Å². The molecule has 2 aromatic rings. The fraction of sp³-hybridized carbons (Fsp3) is 0.269. The van der Waals surface area contributed by atoms with E-state index in [9.17, 15) is 19.2 Å². The second-order valence-corrected chi connectivity index (χ2v) is 8.60. The minimum absolute atomic E-state index is 0.107. The number of rotatable bonds is 6. The number of imide groups is 1. The molecule has 180 valence electrons. The summed E-state index contributed by atoms with van der Waals surface area (Å²) in [7, 11) is 1.27. The van der Waals surface area contributed by atoms with Gasteiger partial charge in [-0.3, -0.25) is 24.3 Å². The van der Waals surface area contributed by atoms with E-state index in [1.807, 2.05) is 0 Å². The molecule has 4 rings (SSSR count). The molecule has 2 atom stereocenters. The Morgan fingerprint density at radius 3 is 2.20 bits per heavy atom. The Labute approximate surface area is 207 Å². The van der Waals surface area contributed by atoms with E-state index in [4.69, 9.17) is 21.1 Å². The molecule has 2 heterocycles. The number of carbonyl (C=O) groups is 4. The van der Waals surface area contributed by atoms with Crippen LogP contribution in [0.1, 0.15) is 46.0 Å². The fourth-order valence-electron chi connectivity index (χ4n) is 4.55. The second kappa shape index (κ2) is 9.84. The van der Waals surface area contributed by atoms with Gasteiger partial charge in [-0.1, -0.05) is 41.9 Å². The zero-order valence-corrected chi connectivity index (χ0v) is 20.2. The van der Waals surface area contributed by atoms with Crippen LogP contribution in [0.5, 0.6) is 0 Å². The first-order valence-electron chi connectivity index (χ1n) is 11.0. The van der Waals surface area contributed by atoms with Crippen LogP contribution in [0.3, 0.4) is 0 Å². The van der Waals surface area contributed by atoms with Crippen LogP contribution < -0.4 is 0 Å². The Morgan fingerprint density at radius 2 is 1.60 bits per heavy atom. The van der Waals surface area contributed by atoms with E-state index >= 15 is 0 Å². The van der Waals surface area contributed by atoms with Gasteiger partial charge in [-0.15, -0.1) is 0 Å². The lowest BCUT2D eigenvalue weighted by Gasteiger charge is -2.31. The van der Waals surface area contributed by atoms with Crippen molar-refractivity contribution in [2.75, 3.05) is 20.3 Å². The molecule has 0 radical (unpaired) electrons. The highest BCUT2D eigenvalue weighted by Crippen LogP contribution is 2.42. The van der Waals surface area contributed by atoms with Crippen molar-refractivity contribution in [3.63, 3.8) is 0 Å². The van der Waals surface area contributed by atoms with Gasteiger partial charge in [-0.25, -0.2) is 4.79 Å². The molecule has 35 heavy (non-hydrogen) atoms. The number of hydrogen-bond acceptors (Lipinski definition) is 7. The van der Waals surface area contributed by atoms with Crippen molar-refractivity contribution < 1.29 is 28.7 Å². The Balaban J connectivity index is 1.58. The van der Waals surface area contributed by atoms with Gasteiger partial charge in [0.05, 0.1) is 30.4 Å². The van der Waals surface area contributed by atoms with Crippen molar-refractivity contribution >= 4 is 41.1 Å². The Hall–Kier alpha value is -3.78. The van der Waals surface area contributed by atoms with E-state index in [-0.39, 0.29) is 18.7 Å². The van der Waals surface area contributed by atoms with Crippen LogP contribution in [0, 0.1) is 5.92 Å². The topological polar surface area (TPSA) is 102 Å². The second-order valence-electron chi connectivity index (χ2n) is 8.20. The van der Waals surface area contributed by atoms with Gasteiger partial charge >= 0.3 is 11.9 Å². The van der Waals surface area contributed by atoms with Crippen LogP contribution in [0.4, 0.5) is 0 Å². The Bertz CT molecular complexity index is 1260. The maximum atomic E-state index is 13.3. The van der Waals surface area contributed by atoms with E-state index in [2.05, 4.69) is 4.99 Å². The summed E-state index contributed by atoms with van der Waals surface area (Å²) < 4.78 is 10.5. The van der Waals surface area contributed by atoms with Gasteiger partial charge in [-0.05, 0) is 37.6 Å². The first-order valence-corrected chi connectivity index (χ1v) is 11.3. The van der Waals surface area contributed by atoms with Gasteiger partial charge in [0.2, 0.25) is 0 Å². The largest absolute Gasteiger partial charge is 0.468 e. The van der Waals surface area contributed by atoms with Crippen molar-refractivity contribution in [3.8, 4) is 0 Å². The third-order valence-electron chi connectivity index (χ3n) is 6.17. The van der Waals surface area contributed by atoms with Crippen LogP contribution in [0.2, 0.25) is 5.02 Å². The zero-order chi connectivity index (χ0) is 25.3. The highest BCUT2D eigenvalue weighted by Gasteiger charge is 2.43. The highest BCUT2D eigenvalue weighted by molar-refractivity contribution is 6.31. The lowest BCUT2D eigenvalue weighted by Crippen LogP contribution is -2.37. The Kier molecular flexibility index (Phi) is 6.84. The summed E-state index contributed by atoms with van der Waals surface area (Å²) in [5, 5.41) is 0.380. The average Bonchev–Trinajstić information content (AvgIpc) is 3.08. The first kappa shape index (κ1) is 24.3. The molecule has 0 spiro atoms. The number of allylic oxidation sites excluding steroid dienone is 1.